The van der Waals surface area contributed by atoms with E-state index in [1.807, 2.05) is 0 Å². The molecule has 1 heterocycles. The second-order valence-corrected chi connectivity index (χ2v) is 5.18. The van der Waals surface area contributed by atoms with Crippen LogP contribution in [-0.2, 0) is 22.3 Å². The number of hydrogen-bond donors (Lipinski definition) is 3. The van der Waals surface area contributed by atoms with Gasteiger partial charge >= 0.3 is 12.1 Å². The molecule has 0 radical (unpaired) electrons. The summed E-state index contributed by atoms with van der Waals surface area (Å²) >= 11 is 0. The van der Waals surface area contributed by atoms with E-state index < -0.39 is 36.1 Å². The fourth-order valence-electron chi connectivity index (χ4n) is 2.05. The van der Waals surface area contributed by atoms with E-state index >= 15 is 0 Å². The number of hydrogen-bond acceptors (Lipinski definition) is 4. The maximum atomic E-state index is 12.6. The van der Waals surface area contributed by atoms with Gasteiger partial charge < -0.3 is 14.8 Å². The van der Waals surface area contributed by atoms with Crippen LogP contribution in [0.25, 0.3) is 0 Å². The Hall–Kier alpha value is -2.81. The Morgan fingerprint density at radius 2 is 1.96 bits per heavy atom. The molecule has 0 aliphatic rings. The van der Waals surface area contributed by atoms with Crippen LogP contribution in [0.4, 0.5) is 18.9 Å². The molecule has 0 spiro atoms. The Balaban J connectivity index is 1.96. The van der Waals surface area contributed by atoms with E-state index in [0.29, 0.717) is 5.76 Å². The van der Waals surface area contributed by atoms with Gasteiger partial charge in [0, 0.05) is 5.69 Å². The van der Waals surface area contributed by atoms with Gasteiger partial charge in [-0.05, 0) is 30.3 Å². The standard InChI is InChI=1S/C16H15F3N2O4/c17-16(18,19)10-3-1-4-11(7-10)21-14(22)8-13(15(23)24)20-9-12-5-2-6-25-12/h1-7,13,20H,8-9H2,(H,21,22)(H,23,24). The van der Waals surface area contributed by atoms with Crippen molar-refractivity contribution < 1.29 is 32.3 Å². The Bertz CT molecular complexity index is 729. The number of carboxylic acids is 1. The molecule has 25 heavy (non-hydrogen) atoms. The zero-order valence-electron chi connectivity index (χ0n) is 12.8. The van der Waals surface area contributed by atoms with Crippen LogP contribution in [0.5, 0.6) is 0 Å². The summed E-state index contributed by atoms with van der Waals surface area (Å²) in [7, 11) is 0. The molecule has 0 fully saturated rings. The largest absolute Gasteiger partial charge is 0.480 e. The number of amides is 1. The number of carboxylic acid groups (broad SMARTS) is 1. The van der Waals surface area contributed by atoms with Gasteiger partial charge in [-0.2, -0.15) is 13.2 Å². The minimum absolute atomic E-state index is 0.0602. The molecule has 1 amide bonds. The van der Waals surface area contributed by atoms with E-state index in [4.69, 9.17) is 9.52 Å². The highest BCUT2D eigenvalue weighted by Gasteiger charge is 2.30. The van der Waals surface area contributed by atoms with Gasteiger partial charge in [-0.15, -0.1) is 0 Å². The van der Waals surface area contributed by atoms with E-state index in [2.05, 4.69) is 10.6 Å². The SMILES string of the molecule is O=C(CC(NCc1ccco1)C(=O)O)Nc1cccc(C(F)(F)F)c1. The summed E-state index contributed by atoms with van der Waals surface area (Å²) in [6, 6.07) is 6.16. The van der Waals surface area contributed by atoms with Gasteiger partial charge in [0.15, 0.2) is 0 Å². The van der Waals surface area contributed by atoms with Crippen LogP contribution in [0.15, 0.2) is 47.1 Å². The van der Waals surface area contributed by atoms with Crippen molar-refractivity contribution in [2.24, 2.45) is 0 Å². The first-order valence-electron chi connectivity index (χ1n) is 7.21. The highest BCUT2D eigenvalue weighted by molar-refractivity contribution is 5.94. The molecule has 0 bridgehead atoms. The summed E-state index contributed by atoms with van der Waals surface area (Å²) in [5.74, 6) is -1.49. The molecule has 0 aliphatic carbocycles. The zero-order valence-corrected chi connectivity index (χ0v) is 12.8. The predicted octanol–water partition coefficient (Wildman–Crippen LogP) is 2.87. The Labute approximate surface area is 140 Å². The van der Waals surface area contributed by atoms with E-state index in [0.717, 1.165) is 18.2 Å². The van der Waals surface area contributed by atoms with Crippen LogP contribution < -0.4 is 10.6 Å². The molecular formula is C16H15F3N2O4. The van der Waals surface area contributed by atoms with Crippen molar-refractivity contribution in [1.82, 2.24) is 5.32 Å². The minimum Gasteiger partial charge on any atom is -0.480 e. The average Bonchev–Trinajstić information content (AvgIpc) is 3.04. The summed E-state index contributed by atoms with van der Waals surface area (Å²) in [6.45, 7) is 0.0980. The number of nitrogens with one attached hydrogen (secondary N) is 2. The molecule has 2 rings (SSSR count). The smallest absolute Gasteiger partial charge is 0.416 e. The van der Waals surface area contributed by atoms with Gasteiger partial charge in [-0.1, -0.05) is 6.07 Å². The van der Waals surface area contributed by atoms with Crippen LogP contribution >= 0.6 is 0 Å². The van der Waals surface area contributed by atoms with Crippen molar-refractivity contribution >= 4 is 17.6 Å². The summed E-state index contributed by atoms with van der Waals surface area (Å²) in [6.07, 6.45) is -3.56. The number of anilines is 1. The van der Waals surface area contributed by atoms with Crippen LogP contribution in [0.2, 0.25) is 0 Å². The monoisotopic (exact) mass is 356 g/mol. The number of rotatable bonds is 7. The zero-order chi connectivity index (χ0) is 18.4. The van der Waals surface area contributed by atoms with Crippen molar-refractivity contribution in [3.63, 3.8) is 0 Å². The third kappa shape index (κ3) is 5.64. The molecule has 1 unspecified atom stereocenters. The average molecular weight is 356 g/mol. The van der Waals surface area contributed by atoms with Gasteiger partial charge in [0.25, 0.3) is 0 Å². The summed E-state index contributed by atoms with van der Waals surface area (Å²) < 4.78 is 43.0. The molecule has 0 saturated heterocycles. The number of benzene rings is 1. The lowest BCUT2D eigenvalue weighted by Gasteiger charge is -2.14. The number of alkyl halides is 3. The fourth-order valence-corrected chi connectivity index (χ4v) is 2.05. The Kier molecular flexibility index (Phi) is 5.81. The molecule has 2 aromatic rings. The van der Waals surface area contributed by atoms with Crippen LogP contribution in [0, 0.1) is 0 Å². The maximum absolute atomic E-state index is 12.6. The third-order valence-electron chi connectivity index (χ3n) is 3.26. The van der Waals surface area contributed by atoms with E-state index in [1.165, 1.54) is 12.3 Å². The van der Waals surface area contributed by atoms with Gasteiger partial charge in [0.05, 0.1) is 24.8 Å². The molecular weight excluding hydrogens is 341 g/mol. The lowest BCUT2D eigenvalue weighted by molar-refractivity contribution is -0.141. The van der Waals surface area contributed by atoms with Gasteiger partial charge in [0.1, 0.15) is 11.8 Å². The number of aliphatic carboxylic acids is 1. The topological polar surface area (TPSA) is 91.6 Å². The summed E-state index contributed by atoms with van der Waals surface area (Å²) in [4.78, 5) is 23.1. The van der Waals surface area contributed by atoms with E-state index in [-0.39, 0.29) is 12.2 Å². The third-order valence-corrected chi connectivity index (χ3v) is 3.26. The molecule has 6 nitrogen and oxygen atoms in total. The normalized spacial score (nSPS) is 12.6. The number of furan rings is 1. The Morgan fingerprint density at radius 1 is 1.20 bits per heavy atom. The lowest BCUT2D eigenvalue weighted by Crippen LogP contribution is -2.39. The lowest BCUT2D eigenvalue weighted by atomic mass is 10.1. The quantitative estimate of drug-likeness (QED) is 0.710. The molecule has 1 aromatic carbocycles. The molecule has 0 aliphatic heterocycles. The number of halogens is 3. The van der Waals surface area contributed by atoms with E-state index in [9.17, 15) is 22.8 Å². The molecule has 1 atom stereocenters. The first kappa shape index (κ1) is 18.5. The molecule has 1 aromatic heterocycles. The molecule has 134 valence electrons. The van der Waals surface area contributed by atoms with Gasteiger partial charge in [0.2, 0.25) is 5.91 Å². The first-order chi connectivity index (χ1) is 11.8. The van der Waals surface area contributed by atoms with Gasteiger partial charge in [-0.3, -0.25) is 14.9 Å². The highest BCUT2D eigenvalue weighted by Crippen LogP contribution is 2.30. The molecule has 3 N–H and O–H groups in total. The van der Waals surface area contributed by atoms with Crippen molar-refractivity contribution in [2.75, 3.05) is 5.32 Å². The maximum Gasteiger partial charge on any atom is 0.416 e. The second kappa shape index (κ2) is 7.84. The number of carbonyl (C=O) groups excluding carboxylic acids is 1. The minimum atomic E-state index is -4.53. The van der Waals surface area contributed by atoms with Crippen molar-refractivity contribution in [3.8, 4) is 0 Å². The van der Waals surface area contributed by atoms with Crippen LogP contribution in [0.3, 0.4) is 0 Å². The van der Waals surface area contributed by atoms with Crippen LogP contribution in [0.1, 0.15) is 17.7 Å². The second-order valence-electron chi connectivity index (χ2n) is 5.18. The van der Waals surface area contributed by atoms with Gasteiger partial charge in [-0.25, -0.2) is 0 Å². The van der Waals surface area contributed by atoms with Crippen molar-refractivity contribution in [2.45, 2.75) is 25.2 Å². The molecule has 9 heteroatoms. The summed E-state index contributed by atoms with van der Waals surface area (Å²) in [5, 5.41) is 14.1. The first-order valence-corrected chi connectivity index (χ1v) is 7.21. The van der Waals surface area contributed by atoms with Crippen LogP contribution in [-0.4, -0.2) is 23.0 Å². The molecule has 0 saturated carbocycles. The van der Waals surface area contributed by atoms with E-state index in [1.54, 1.807) is 12.1 Å². The highest BCUT2D eigenvalue weighted by atomic mass is 19.4. The fraction of sp³-hybridized carbons (Fsp3) is 0.250. The van der Waals surface area contributed by atoms with Crippen molar-refractivity contribution in [1.29, 1.82) is 0 Å². The predicted molar refractivity (Wildman–Crippen MR) is 81.7 cm³/mol. The Morgan fingerprint density at radius 3 is 2.56 bits per heavy atom. The number of carbonyl (C=O) groups is 2. The summed E-state index contributed by atoms with van der Waals surface area (Å²) in [5.41, 5.74) is -0.967. The van der Waals surface area contributed by atoms with Crippen molar-refractivity contribution in [3.05, 3.63) is 54.0 Å².